The van der Waals surface area contributed by atoms with Crippen molar-refractivity contribution in [2.24, 2.45) is 0 Å². The van der Waals surface area contributed by atoms with Crippen LogP contribution in [-0.2, 0) is 0 Å². The highest BCUT2D eigenvalue weighted by Gasteiger charge is 2.19. The number of hydrogen-bond donors (Lipinski definition) is 0. The smallest absolute Gasteiger partial charge is 0.185 e. The Balaban J connectivity index is 2.11. The fourth-order valence-corrected chi connectivity index (χ4v) is 3.90. The lowest BCUT2D eigenvalue weighted by molar-refractivity contribution is 0.104. The van der Waals surface area contributed by atoms with Crippen LogP contribution < -0.4 is 9.47 Å². The second kappa shape index (κ2) is 8.42. The average molecular weight is 396 g/mol. The molecule has 30 heavy (non-hydrogen) atoms. The second-order valence-corrected chi connectivity index (χ2v) is 6.97. The van der Waals surface area contributed by atoms with Crippen LogP contribution in [0.25, 0.3) is 32.7 Å². The predicted molar refractivity (Wildman–Crippen MR) is 124 cm³/mol. The quantitative estimate of drug-likeness (QED) is 0.254. The summed E-state index contributed by atoms with van der Waals surface area (Å²) in [5.41, 5.74) is 2.61. The molecule has 0 spiro atoms. The monoisotopic (exact) mass is 396 g/mol. The highest BCUT2D eigenvalue weighted by Crippen LogP contribution is 2.45. The molecule has 0 unspecified atom stereocenters. The molecule has 4 aromatic carbocycles. The van der Waals surface area contributed by atoms with E-state index in [9.17, 15) is 4.79 Å². The summed E-state index contributed by atoms with van der Waals surface area (Å²) in [6.07, 6.45) is 1.34. The molecule has 0 saturated carbocycles. The number of fused-ring (bicyclic) bond motifs is 2. The van der Waals surface area contributed by atoms with Crippen molar-refractivity contribution in [1.29, 1.82) is 0 Å². The molecule has 0 radical (unpaired) electrons. The summed E-state index contributed by atoms with van der Waals surface area (Å²) in [7, 11) is 0. The molecule has 0 N–H and O–H groups in total. The summed E-state index contributed by atoms with van der Waals surface area (Å²) in [5.74, 6) is 1.52. The van der Waals surface area contributed by atoms with E-state index < -0.39 is 0 Å². The van der Waals surface area contributed by atoms with Crippen molar-refractivity contribution in [3.8, 4) is 22.6 Å². The third-order valence-electron chi connectivity index (χ3n) is 5.19. The van der Waals surface area contributed by atoms with E-state index in [1.54, 1.807) is 0 Å². The van der Waals surface area contributed by atoms with Gasteiger partial charge in [0, 0.05) is 16.7 Å². The van der Waals surface area contributed by atoms with E-state index in [0.717, 1.165) is 44.2 Å². The van der Waals surface area contributed by atoms with Crippen molar-refractivity contribution in [3.05, 3.63) is 84.9 Å². The third kappa shape index (κ3) is 3.43. The first-order valence-corrected chi connectivity index (χ1v) is 10.2. The molecular weight excluding hydrogens is 372 g/mol. The zero-order chi connectivity index (χ0) is 21.1. The van der Waals surface area contributed by atoms with Crippen molar-refractivity contribution in [2.45, 2.75) is 13.8 Å². The molecule has 0 aliphatic heterocycles. The largest absolute Gasteiger partial charge is 0.493 e. The van der Waals surface area contributed by atoms with Gasteiger partial charge in [-0.25, -0.2) is 0 Å². The molecule has 0 aliphatic carbocycles. The molecule has 0 amide bonds. The Morgan fingerprint density at radius 2 is 1.40 bits per heavy atom. The lowest BCUT2D eigenvalue weighted by Crippen LogP contribution is -2.00. The van der Waals surface area contributed by atoms with Crippen LogP contribution in [0.4, 0.5) is 0 Å². The maximum absolute atomic E-state index is 12.1. The topological polar surface area (TPSA) is 35.5 Å². The maximum atomic E-state index is 12.1. The molecule has 0 saturated heterocycles. The summed E-state index contributed by atoms with van der Waals surface area (Å²) in [4.78, 5) is 12.1. The van der Waals surface area contributed by atoms with Crippen molar-refractivity contribution in [3.63, 3.8) is 0 Å². The van der Waals surface area contributed by atoms with Gasteiger partial charge in [0.1, 0.15) is 11.5 Å². The number of ether oxygens (including phenoxy) is 2. The van der Waals surface area contributed by atoms with E-state index in [1.807, 2.05) is 62.4 Å². The van der Waals surface area contributed by atoms with E-state index in [4.69, 9.17) is 9.47 Å². The highest BCUT2D eigenvalue weighted by atomic mass is 16.5. The lowest BCUT2D eigenvalue weighted by atomic mass is 9.91. The first kappa shape index (κ1) is 19.7. The summed E-state index contributed by atoms with van der Waals surface area (Å²) < 4.78 is 12.1. The van der Waals surface area contributed by atoms with Crippen LogP contribution in [0.3, 0.4) is 0 Å². The Morgan fingerprint density at radius 3 is 2.03 bits per heavy atom. The van der Waals surface area contributed by atoms with Gasteiger partial charge >= 0.3 is 0 Å². The Kier molecular flexibility index (Phi) is 5.53. The Morgan fingerprint density at radius 1 is 0.800 bits per heavy atom. The summed E-state index contributed by atoms with van der Waals surface area (Å²) in [6.45, 7) is 8.69. The Bertz CT molecular complexity index is 1250. The molecule has 3 nitrogen and oxygen atoms in total. The van der Waals surface area contributed by atoms with Crippen LogP contribution in [0.5, 0.6) is 11.5 Å². The zero-order valence-corrected chi connectivity index (χ0v) is 17.3. The molecule has 0 aromatic heterocycles. The summed E-state index contributed by atoms with van der Waals surface area (Å²) >= 11 is 0. The molecule has 0 atom stereocenters. The third-order valence-corrected chi connectivity index (χ3v) is 5.19. The van der Waals surface area contributed by atoms with E-state index in [2.05, 4.69) is 24.8 Å². The van der Waals surface area contributed by atoms with Crippen molar-refractivity contribution in [1.82, 2.24) is 0 Å². The van der Waals surface area contributed by atoms with Crippen molar-refractivity contribution >= 4 is 27.3 Å². The molecule has 0 bridgehead atoms. The molecule has 3 heteroatoms. The van der Waals surface area contributed by atoms with Gasteiger partial charge in [-0.1, -0.05) is 55.1 Å². The van der Waals surface area contributed by atoms with Crippen LogP contribution in [0.1, 0.15) is 24.2 Å². The minimum Gasteiger partial charge on any atom is -0.493 e. The second-order valence-electron chi connectivity index (χ2n) is 6.97. The van der Waals surface area contributed by atoms with Crippen LogP contribution in [0.2, 0.25) is 0 Å². The van der Waals surface area contributed by atoms with Crippen LogP contribution >= 0.6 is 0 Å². The molecule has 0 heterocycles. The minimum absolute atomic E-state index is 0.0903. The molecule has 4 rings (SSSR count). The zero-order valence-electron chi connectivity index (χ0n) is 17.3. The van der Waals surface area contributed by atoms with Gasteiger partial charge in [0.15, 0.2) is 5.78 Å². The minimum atomic E-state index is -0.0903. The van der Waals surface area contributed by atoms with Crippen LogP contribution in [0.15, 0.2) is 79.4 Å². The highest BCUT2D eigenvalue weighted by molar-refractivity contribution is 6.12. The van der Waals surface area contributed by atoms with Gasteiger partial charge in [-0.2, -0.15) is 0 Å². The molecular formula is C27H24O3. The number of carbonyl (C=O) groups is 1. The van der Waals surface area contributed by atoms with Gasteiger partial charge < -0.3 is 9.47 Å². The predicted octanol–water partition coefficient (Wildman–Crippen LogP) is 6.83. The van der Waals surface area contributed by atoms with Gasteiger partial charge in [-0.15, -0.1) is 0 Å². The number of allylic oxidation sites excluding steroid dienone is 1. The summed E-state index contributed by atoms with van der Waals surface area (Å²) in [6, 6.07) is 22.1. The Labute approximate surface area is 176 Å². The van der Waals surface area contributed by atoms with E-state index in [1.165, 1.54) is 6.08 Å². The summed E-state index contributed by atoms with van der Waals surface area (Å²) in [5, 5.41) is 4.22. The van der Waals surface area contributed by atoms with E-state index in [-0.39, 0.29) is 5.78 Å². The number of benzene rings is 4. The molecule has 0 fully saturated rings. The molecule has 4 aromatic rings. The Hall–Kier alpha value is -3.59. The van der Waals surface area contributed by atoms with Crippen LogP contribution in [-0.4, -0.2) is 19.0 Å². The maximum Gasteiger partial charge on any atom is 0.185 e. The first-order chi connectivity index (χ1) is 14.7. The van der Waals surface area contributed by atoms with Gasteiger partial charge in [-0.3, -0.25) is 4.79 Å². The number of hydrogen-bond acceptors (Lipinski definition) is 3. The molecule has 150 valence electrons. The van der Waals surface area contributed by atoms with Gasteiger partial charge in [0.25, 0.3) is 0 Å². The van der Waals surface area contributed by atoms with Crippen molar-refractivity contribution in [2.75, 3.05) is 13.2 Å². The van der Waals surface area contributed by atoms with E-state index >= 15 is 0 Å². The lowest BCUT2D eigenvalue weighted by Gasteiger charge is -2.19. The normalized spacial score (nSPS) is 10.9. The fourth-order valence-electron chi connectivity index (χ4n) is 3.90. The standard InChI is InChI=1S/C27H24O3/c1-4-23(28)20-11-14-22-19(17-20)13-16-25(30-6-3)27(22)26-21-10-8-7-9-18(21)12-15-24(26)29-5-2/h4,7-17H,1,5-6H2,2-3H3. The van der Waals surface area contributed by atoms with E-state index in [0.29, 0.717) is 18.8 Å². The van der Waals surface area contributed by atoms with Gasteiger partial charge in [-0.05, 0) is 59.7 Å². The molecule has 0 aliphatic rings. The van der Waals surface area contributed by atoms with Crippen LogP contribution in [0, 0.1) is 0 Å². The van der Waals surface area contributed by atoms with Gasteiger partial charge in [0.2, 0.25) is 0 Å². The number of ketones is 1. The average Bonchev–Trinajstić information content (AvgIpc) is 2.78. The number of rotatable bonds is 7. The van der Waals surface area contributed by atoms with Gasteiger partial charge in [0.05, 0.1) is 13.2 Å². The first-order valence-electron chi connectivity index (χ1n) is 10.2. The SMILES string of the molecule is C=CC(=O)c1ccc2c(-c3c(OCC)ccc4ccccc34)c(OCC)ccc2c1. The van der Waals surface area contributed by atoms with Crippen molar-refractivity contribution < 1.29 is 14.3 Å². The fraction of sp³-hybridized carbons (Fsp3) is 0.148. The number of carbonyl (C=O) groups excluding carboxylic acids is 1.